The summed E-state index contributed by atoms with van der Waals surface area (Å²) in [6.07, 6.45) is 2.40. The maximum absolute atomic E-state index is 10.5. The van der Waals surface area contributed by atoms with Crippen molar-refractivity contribution < 1.29 is 9.90 Å². The van der Waals surface area contributed by atoms with E-state index in [1.165, 1.54) is 0 Å². The maximum Gasteiger partial charge on any atom is 0.303 e. The summed E-state index contributed by atoms with van der Waals surface area (Å²) < 4.78 is 0. The first-order valence-corrected chi connectivity index (χ1v) is 5.88. The Morgan fingerprint density at radius 2 is 2.18 bits per heavy atom. The summed E-state index contributed by atoms with van der Waals surface area (Å²) >= 11 is 5.25. The van der Waals surface area contributed by atoms with Crippen LogP contribution in [0, 0.1) is 0 Å². The highest BCUT2D eigenvalue weighted by Gasteiger charge is 2.19. The van der Waals surface area contributed by atoms with Gasteiger partial charge in [-0.15, -0.1) is 6.58 Å². The van der Waals surface area contributed by atoms with Crippen LogP contribution in [0.5, 0.6) is 0 Å². The fourth-order valence-electron chi connectivity index (χ4n) is 1.47. The smallest absolute Gasteiger partial charge is 0.303 e. The highest BCUT2D eigenvalue weighted by atomic mass is 32.1. The molecule has 0 aliphatic heterocycles. The minimum atomic E-state index is -0.791. The highest BCUT2D eigenvalue weighted by Crippen LogP contribution is 2.08. The molecule has 0 aliphatic rings. The van der Waals surface area contributed by atoms with E-state index in [2.05, 4.69) is 11.9 Å². The average Bonchev–Trinajstić information content (AvgIpc) is 2.23. The predicted octanol–water partition coefficient (Wildman–Crippen LogP) is 1.08. The van der Waals surface area contributed by atoms with Gasteiger partial charge in [-0.05, 0) is 25.6 Å². The van der Waals surface area contributed by atoms with Gasteiger partial charge in [-0.25, -0.2) is 5.01 Å². The topological polar surface area (TPSA) is 55.8 Å². The molecule has 0 rings (SSSR count). The number of hydrogen-bond donors (Lipinski definition) is 2. The van der Waals surface area contributed by atoms with Crippen molar-refractivity contribution in [3.05, 3.63) is 12.7 Å². The second-order valence-electron chi connectivity index (χ2n) is 3.95. The van der Waals surface area contributed by atoms with Crippen molar-refractivity contribution in [1.29, 1.82) is 0 Å². The van der Waals surface area contributed by atoms with E-state index >= 15 is 0 Å². The molecule has 0 aromatic heterocycles. The number of aliphatic carboxylic acids is 1. The van der Waals surface area contributed by atoms with Crippen molar-refractivity contribution in [3.63, 3.8) is 0 Å². The van der Waals surface area contributed by atoms with Gasteiger partial charge in [0, 0.05) is 33.1 Å². The highest BCUT2D eigenvalue weighted by molar-refractivity contribution is 7.80. The minimum absolute atomic E-state index is 0.0333. The van der Waals surface area contributed by atoms with Gasteiger partial charge in [-0.3, -0.25) is 9.80 Å². The van der Waals surface area contributed by atoms with Crippen molar-refractivity contribution in [2.45, 2.75) is 25.8 Å². The molecule has 0 saturated carbocycles. The number of hydrogen-bond acceptors (Lipinski definition) is 3. The molecule has 0 spiro atoms. The Labute approximate surface area is 108 Å². The van der Waals surface area contributed by atoms with Crippen LogP contribution in [-0.2, 0) is 4.79 Å². The number of nitrogens with zero attached hydrogens (tertiary/aromatic N) is 2. The van der Waals surface area contributed by atoms with Crippen LogP contribution in [0.2, 0.25) is 0 Å². The van der Waals surface area contributed by atoms with Crippen molar-refractivity contribution in [1.82, 2.24) is 15.3 Å². The third kappa shape index (κ3) is 6.23. The summed E-state index contributed by atoms with van der Waals surface area (Å²) in [5, 5.41) is 16.0. The lowest BCUT2D eigenvalue weighted by Crippen LogP contribution is -2.51. The summed E-state index contributed by atoms with van der Waals surface area (Å²) in [5.74, 6) is -0.791. The lowest BCUT2D eigenvalue weighted by Gasteiger charge is -2.36. The van der Waals surface area contributed by atoms with Crippen LogP contribution in [0.1, 0.15) is 19.8 Å². The fraction of sp³-hybridized carbons (Fsp3) is 0.636. The number of nitrogens with one attached hydrogen (secondary N) is 1. The number of hydrazine groups is 1. The van der Waals surface area contributed by atoms with Gasteiger partial charge in [0.1, 0.15) is 0 Å². The Kier molecular flexibility index (Phi) is 7.49. The number of carbonyl (C=O) groups is 1. The zero-order valence-corrected chi connectivity index (χ0v) is 11.5. The van der Waals surface area contributed by atoms with Crippen LogP contribution in [-0.4, -0.2) is 52.9 Å². The maximum atomic E-state index is 10.5. The molecule has 6 heteroatoms. The fourth-order valence-corrected chi connectivity index (χ4v) is 1.90. The molecule has 1 unspecified atom stereocenters. The van der Waals surface area contributed by atoms with E-state index in [1.807, 2.05) is 31.0 Å². The largest absolute Gasteiger partial charge is 0.481 e. The molecule has 0 aliphatic carbocycles. The molecule has 0 aromatic rings. The monoisotopic (exact) mass is 259 g/mol. The van der Waals surface area contributed by atoms with Crippen LogP contribution in [0.15, 0.2) is 12.7 Å². The molecular formula is C11H21N3O2S. The first-order valence-electron chi connectivity index (χ1n) is 5.47. The molecule has 98 valence electrons. The van der Waals surface area contributed by atoms with Crippen molar-refractivity contribution in [2.24, 2.45) is 0 Å². The Hall–Kier alpha value is -1.14. The van der Waals surface area contributed by atoms with Gasteiger partial charge in [0.2, 0.25) is 0 Å². The van der Waals surface area contributed by atoms with Crippen LogP contribution in [0.3, 0.4) is 0 Å². The molecule has 0 saturated heterocycles. The Morgan fingerprint density at radius 1 is 1.59 bits per heavy atom. The van der Waals surface area contributed by atoms with Crippen LogP contribution in [0.4, 0.5) is 0 Å². The first kappa shape index (κ1) is 15.9. The van der Waals surface area contributed by atoms with E-state index < -0.39 is 5.97 Å². The van der Waals surface area contributed by atoms with E-state index in [9.17, 15) is 4.79 Å². The Bertz CT molecular complexity index is 282. The molecule has 0 bridgehead atoms. The minimum Gasteiger partial charge on any atom is -0.481 e. The normalized spacial score (nSPS) is 12.0. The van der Waals surface area contributed by atoms with E-state index in [0.29, 0.717) is 18.1 Å². The Balaban J connectivity index is 4.44. The number of rotatable bonds is 7. The second-order valence-corrected chi connectivity index (χ2v) is 4.33. The molecule has 0 fully saturated rings. The van der Waals surface area contributed by atoms with Gasteiger partial charge in [0.05, 0.1) is 0 Å². The third-order valence-corrected chi connectivity index (χ3v) is 2.56. The van der Waals surface area contributed by atoms with Gasteiger partial charge in [0.15, 0.2) is 5.11 Å². The van der Waals surface area contributed by atoms with Gasteiger partial charge in [0.25, 0.3) is 0 Å². The lowest BCUT2D eigenvalue weighted by molar-refractivity contribution is -0.137. The summed E-state index contributed by atoms with van der Waals surface area (Å²) in [6.45, 7) is 6.15. The SMILES string of the molecule is C=CCNC(=S)N(C(C)CCC(=O)O)N(C)C. The molecule has 2 N–H and O–H groups in total. The van der Waals surface area contributed by atoms with Crippen molar-refractivity contribution >= 4 is 23.3 Å². The van der Waals surface area contributed by atoms with Gasteiger partial charge in [-0.1, -0.05) is 6.08 Å². The van der Waals surface area contributed by atoms with Gasteiger partial charge >= 0.3 is 5.97 Å². The summed E-state index contributed by atoms with van der Waals surface area (Å²) in [4.78, 5) is 10.5. The van der Waals surface area contributed by atoms with Gasteiger partial charge < -0.3 is 10.4 Å². The molecule has 0 amide bonds. The third-order valence-electron chi connectivity index (χ3n) is 2.23. The van der Waals surface area contributed by atoms with E-state index in [0.717, 1.165) is 0 Å². The molecule has 0 radical (unpaired) electrons. The van der Waals surface area contributed by atoms with Gasteiger partial charge in [-0.2, -0.15) is 0 Å². The number of carboxylic acid groups (broad SMARTS) is 1. The molecular weight excluding hydrogens is 238 g/mol. The van der Waals surface area contributed by atoms with E-state index in [-0.39, 0.29) is 12.5 Å². The summed E-state index contributed by atoms with van der Waals surface area (Å²) in [5.41, 5.74) is 0. The molecule has 1 atom stereocenters. The van der Waals surface area contributed by atoms with Crippen molar-refractivity contribution in [2.75, 3.05) is 20.6 Å². The quantitative estimate of drug-likeness (QED) is 0.405. The second kappa shape index (κ2) is 8.03. The van der Waals surface area contributed by atoms with Crippen LogP contribution in [0.25, 0.3) is 0 Å². The average molecular weight is 259 g/mol. The zero-order chi connectivity index (χ0) is 13.4. The molecule has 0 heterocycles. The number of thiocarbonyl (C=S) groups is 1. The summed E-state index contributed by atoms with van der Waals surface area (Å²) in [7, 11) is 3.75. The van der Waals surface area contributed by atoms with E-state index in [1.54, 1.807) is 6.08 Å². The predicted molar refractivity (Wildman–Crippen MR) is 72.7 cm³/mol. The summed E-state index contributed by atoms with van der Waals surface area (Å²) in [6, 6.07) is 0.0333. The first-order chi connectivity index (χ1) is 7.90. The van der Waals surface area contributed by atoms with Crippen molar-refractivity contribution in [3.8, 4) is 0 Å². The Morgan fingerprint density at radius 3 is 2.59 bits per heavy atom. The molecule has 0 aromatic carbocycles. The van der Waals surface area contributed by atoms with Crippen LogP contribution < -0.4 is 5.32 Å². The molecule has 17 heavy (non-hydrogen) atoms. The molecule has 5 nitrogen and oxygen atoms in total. The van der Waals surface area contributed by atoms with Crippen LogP contribution >= 0.6 is 12.2 Å². The standard InChI is InChI=1S/C11H21N3O2S/c1-5-8-12-11(17)14(13(3)4)9(2)6-7-10(15)16/h5,9H,1,6-8H2,2-4H3,(H,12,17)(H,15,16). The van der Waals surface area contributed by atoms with E-state index in [4.69, 9.17) is 17.3 Å². The zero-order valence-electron chi connectivity index (χ0n) is 10.6. The number of carboxylic acids is 1. The lowest BCUT2D eigenvalue weighted by atomic mass is 10.2.